The molecule has 11 nitrogen and oxygen atoms in total. The molecular weight excluding hydrogens is 539 g/mol. The number of halogens is 1. The average Bonchev–Trinajstić information content (AvgIpc) is 2.89. The third kappa shape index (κ3) is 4.71. The number of anilines is 1. The molecule has 3 aliphatic rings. The van der Waals surface area contributed by atoms with E-state index >= 15 is 0 Å². The summed E-state index contributed by atoms with van der Waals surface area (Å²) in [5.41, 5.74) is 0.0968. The molecule has 3 heterocycles. The first-order valence-corrected chi connectivity index (χ1v) is 14.6. The van der Waals surface area contributed by atoms with Crippen molar-refractivity contribution in [2.24, 2.45) is 5.41 Å². The van der Waals surface area contributed by atoms with Gasteiger partial charge in [0.2, 0.25) is 0 Å². The Bertz CT molecular complexity index is 1670. The number of nitrogens with zero attached hydrogens (tertiary/aromatic N) is 4. The zero-order valence-electron chi connectivity index (χ0n) is 21.9. The van der Waals surface area contributed by atoms with Crippen molar-refractivity contribution in [1.29, 1.82) is 5.26 Å². The summed E-state index contributed by atoms with van der Waals surface area (Å²) in [5.74, 6) is -1.18. The van der Waals surface area contributed by atoms with Crippen LogP contribution >= 0.6 is 0 Å². The maximum absolute atomic E-state index is 14.9. The third-order valence-corrected chi connectivity index (χ3v) is 9.77. The lowest BCUT2D eigenvalue weighted by atomic mass is 9.60. The van der Waals surface area contributed by atoms with Crippen LogP contribution in [0.3, 0.4) is 0 Å². The number of rotatable bonds is 7. The van der Waals surface area contributed by atoms with E-state index in [0.29, 0.717) is 10.9 Å². The Labute approximate surface area is 230 Å². The van der Waals surface area contributed by atoms with Gasteiger partial charge in [-0.05, 0) is 74.5 Å². The van der Waals surface area contributed by atoms with E-state index in [1.165, 1.54) is 25.3 Å². The molecule has 1 aromatic heterocycles. The highest BCUT2D eigenvalue weighted by molar-refractivity contribution is 7.90. The Morgan fingerprint density at radius 2 is 1.95 bits per heavy atom. The molecule has 40 heavy (non-hydrogen) atoms. The SMILES string of the molecule is COC1CN(S(=O)(=O)Nc2ccc(F)c(Oc3ccc4ncn(C5CC6(CCNCC6)C5)c(=O)c4c3)c2C#N)C1. The fourth-order valence-corrected chi connectivity index (χ4v) is 7.16. The molecule has 0 bridgehead atoms. The standard InChI is InChI=1S/C27H29FN6O5S/c1-38-19-14-33(15-19)40(36,37)32-24-5-3-22(28)25(21(24)13-29)39-18-2-4-23-20(10-18)26(35)34(16-31-23)17-11-27(12-17)6-8-30-9-7-27/h2-5,10,16-17,19,30,32H,6-9,11-12,14-15H2,1H3. The zero-order valence-corrected chi connectivity index (χ0v) is 22.7. The van der Waals surface area contributed by atoms with Gasteiger partial charge in [0, 0.05) is 26.2 Å². The summed E-state index contributed by atoms with van der Waals surface area (Å²) >= 11 is 0. The van der Waals surface area contributed by atoms with E-state index in [4.69, 9.17) is 9.47 Å². The maximum Gasteiger partial charge on any atom is 0.301 e. The predicted molar refractivity (Wildman–Crippen MR) is 145 cm³/mol. The van der Waals surface area contributed by atoms with Crippen molar-refractivity contribution < 1.29 is 22.3 Å². The fraction of sp³-hybridized carbons (Fsp3) is 0.444. The molecule has 210 valence electrons. The average molecular weight is 569 g/mol. The second-order valence-electron chi connectivity index (χ2n) is 10.7. The third-order valence-electron chi connectivity index (χ3n) is 8.32. The van der Waals surface area contributed by atoms with Gasteiger partial charge in [-0.25, -0.2) is 9.37 Å². The summed E-state index contributed by atoms with van der Waals surface area (Å²) in [5, 5.41) is 13.5. The highest BCUT2D eigenvalue weighted by atomic mass is 32.2. The topological polar surface area (TPSA) is 139 Å². The van der Waals surface area contributed by atoms with Crippen LogP contribution in [-0.2, 0) is 14.9 Å². The predicted octanol–water partition coefficient (Wildman–Crippen LogP) is 2.89. The number of fused-ring (bicyclic) bond motifs is 1. The largest absolute Gasteiger partial charge is 0.453 e. The first kappa shape index (κ1) is 26.6. The van der Waals surface area contributed by atoms with E-state index in [2.05, 4.69) is 15.0 Å². The van der Waals surface area contributed by atoms with Crippen molar-refractivity contribution in [2.75, 3.05) is 38.0 Å². The van der Waals surface area contributed by atoms with Crippen LogP contribution in [-0.4, -0.2) is 61.7 Å². The number of nitrogens with one attached hydrogen (secondary N) is 2. The monoisotopic (exact) mass is 568 g/mol. The van der Waals surface area contributed by atoms with Crippen LogP contribution in [0.15, 0.2) is 41.5 Å². The molecule has 2 aromatic carbocycles. The van der Waals surface area contributed by atoms with Crippen molar-refractivity contribution in [3.8, 4) is 17.6 Å². The normalized spacial score (nSPS) is 19.6. The number of benzene rings is 2. The smallest absolute Gasteiger partial charge is 0.301 e. The molecule has 0 radical (unpaired) electrons. The number of nitriles is 1. The summed E-state index contributed by atoms with van der Waals surface area (Å²) < 4.78 is 56.4. The molecular formula is C27H29FN6O5S. The molecule has 2 saturated heterocycles. The van der Waals surface area contributed by atoms with Crippen molar-refractivity contribution in [3.63, 3.8) is 0 Å². The van der Waals surface area contributed by atoms with Gasteiger partial charge in [0.25, 0.3) is 5.56 Å². The van der Waals surface area contributed by atoms with Crippen molar-refractivity contribution in [3.05, 3.63) is 58.4 Å². The Morgan fingerprint density at radius 3 is 2.65 bits per heavy atom. The van der Waals surface area contributed by atoms with Crippen molar-refractivity contribution >= 4 is 26.8 Å². The minimum absolute atomic E-state index is 0.0741. The summed E-state index contributed by atoms with van der Waals surface area (Å²) in [6.45, 7) is 2.32. The molecule has 13 heteroatoms. The van der Waals surface area contributed by atoms with Gasteiger partial charge in [0.1, 0.15) is 17.4 Å². The number of hydrogen-bond donors (Lipinski definition) is 2. The molecule has 2 aliphatic heterocycles. The van der Waals surface area contributed by atoms with Crippen LogP contribution in [0.25, 0.3) is 10.9 Å². The Kier molecular flexibility index (Phi) is 6.74. The van der Waals surface area contributed by atoms with E-state index in [0.717, 1.165) is 49.1 Å². The van der Waals surface area contributed by atoms with Gasteiger partial charge in [-0.3, -0.25) is 14.1 Å². The van der Waals surface area contributed by atoms with E-state index in [1.807, 2.05) is 6.07 Å². The second-order valence-corrected chi connectivity index (χ2v) is 12.4. The number of aromatic nitrogens is 2. The van der Waals surface area contributed by atoms with Gasteiger partial charge in [-0.1, -0.05) is 0 Å². The molecule has 3 aromatic rings. The van der Waals surface area contributed by atoms with Crippen LogP contribution in [0.5, 0.6) is 11.5 Å². The van der Waals surface area contributed by atoms with Gasteiger partial charge < -0.3 is 14.8 Å². The summed E-state index contributed by atoms with van der Waals surface area (Å²) in [7, 11) is -2.50. The molecule has 1 saturated carbocycles. The minimum atomic E-state index is -3.99. The maximum atomic E-state index is 14.9. The van der Waals surface area contributed by atoms with E-state index in [9.17, 15) is 22.9 Å². The molecule has 6 rings (SSSR count). The first-order chi connectivity index (χ1) is 19.2. The number of hydrogen-bond acceptors (Lipinski definition) is 8. The highest BCUT2D eigenvalue weighted by Gasteiger charge is 2.45. The molecule has 0 unspecified atom stereocenters. The van der Waals surface area contributed by atoms with Gasteiger partial charge in [-0.2, -0.15) is 18.0 Å². The van der Waals surface area contributed by atoms with Crippen LogP contribution in [0.1, 0.15) is 37.3 Å². The summed E-state index contributed by atoms with van der Waals surface area (Å²) in [6.07, 6.45) is 5.44. The van der Waals surface area contributed by atoms with Crippen LogP contribution in [0.2, 0.25) is 0 Å². The Balaban J connectivity index is 1.26. The van der Waals surface area contributed by atoms with Gasteiger partial charge in [0.15, 0.2) is 11.6 Å². The minimum Gasteiger partial charge on any atom is -0.453 e. The lowest BCUT2D eigenvalue weighted by molar-refractivity contribution is 0.0128. The lowest BCUT2D eigenvalue weighted by Crippen LogP contribution is -2.55. The van der Waals surface area contributed by atoms with Crippen molar-refractivity contribution in [1.82, 2.24) is 19.2 Å². The van der Waals surface area contributed by atoms with Gasteiger partial charge in [-0.15, -0.1) is 0 Å². The number of ether oxygens (including phenoxy) is 2. The lowest BCUT2D eigenvalue weighted by Gasteiger charge is -2.50. The molecule has 0 amide bonds. The van der Waals surface area contributed by atoms with Crippen LogP contribution < -0.4 is 20.3 Å². The number of piperidine rings is 1. The van der Waals surface area contributed by atoms with Gasteiger partial charge >= 0.3 is 10.2 Å². The molecule has 2 N–H and O–H groups in total. The van der Waals surface area contributed by atoms with E-state index in [1.54, 1.807) is 17.0 Å². The Hall–Kier alpha value is -3.57. The quantitative estimate of drug-likeness (QED) is 0.444. The van der Waals surface area contributed by atoms with E-state index < -0.39 is 21.8 Å². The Morgan fingerprint density at radius 1 is 1.20 bits per heavy atom. The van der Waals surface area contributed by atoms with Crippen LogP contribution in [0.4, 0.5) is 10.1 Å². The highest BCUT2D eigenvalue weighted by Crippen LogP contribution is 2.53. The molecule has 0 atom stereocenters. The molecule has 1 aliphatic carbocycles. The van der Waals surface area contributed by atoms with Crippen molar-refractivity contribution in [2.45, 2.75) is 37.8 Å². The number of methoxy groups -OCH3 is 1. The fourth-order valence-electron chi connectivity index (χ4n) is 5.86. The zero-order chi connectivity index (χ0) is 28.1. The van der Waals surface area contributed by atoms with Gasteiger partial charge in [0.05, 0.1) is 29.0 Å². The van der Waals surface area contributed by atoms with Crippen LogP contribution in [0, 0.1) is 22.6 Å². The summed E-state index contributed by atoms with van der Waals surface area (Å²) in [6, 6.07) is 8.70. The summed E-state index contributed by atoms with van der Waals surface area (Å²) in [4.78, 5) is 17.9. The first-order valence-electron chi connectivity index (χ1n) is 13.1. The van der Waals surface area contributed by atoms with E-state index in [-0.39, 0.29) is 53.2 Å². The molecule has 1 spiro atoms. The molecule has 3 fully saturated rings. The second kappa shape index (κ2) is 10.1.